The summed E-state index contributed by atoms with van der Waals surface area (Å²) in [6.07, 6.45) is 9.43. The molecule has 0 radical (unpaired) electrons. The van der Waals surface area contributed by atoms with Gasteiger partial charge >= 0.3 is 0 Å². The Morgan fingerprint density at radius 1 is 1.15 bits per heavy atom. The summed E-state index contributed by atoms with van der Waals surface area (Å²) in [5.74, 6) is 2.44. The highest BCUT2D eigenvalue weighted by Gasteiger charge is 2.36. The molecule has 0 bridgehead atoms. The first kappa shape index (κ1) is 22.2. The number of hydrogen-bond acceptors (Lipinski definition) is 4. The van der Waals surface area contributed by atoms with Crippen molar-refractivity contribution in [2.75, 3.05) is 24.5 Å². The molecule has 3 aliphatic rings. The molecule has 0 spiro atoms. The minimum absolute atomic E-state index is 0.517. The number of aromatic nitrogens is 2. The molecule has 3 heterocycles. The second kappa shape index (κ2) is 9.00. The fourth-order valence-corrected chi connectivity index (χ4v) is 5.34. The lowest BCUT2D eigenvalue weighted by Gasteiger charge is -2.45. The fourth-order valence-electron chi connectivity index (χ4n) is 5.34. The third kappa shape index (κ3) is 4.60. The fraction of sp³-hybridized carbons (Fsp3) is 0.500. The topological polar surface area (TPSA) is 32.3 Å². The van der Waals surface area contributed by atoms with Gasteiger partial charge in [-0.3, -0.25) is 4.98 Å². The van der Waals surface area contributed by atoms with Gasteiger partial charge in [-0.15, -0.1) is 0 Å². The van der Waals surface area contributed by atoms with Crippen LogP contribution in [0.1, 0.15) is 69.5 Å². The van der Waals surface area contributed by atoms with Crippen LogP contribution >= 0.6 is 0 Å². The molecule has 172 valence electrons. The summed E-state index contributed by atoms with van der Waals surface area (Å²) in [5.41, 5.74) is 8.44. The number of hydrogen-bond donors (Lipinski definition) is 0. The van der Waals surface area contributed by atoms with Crippen LogP contribution in [0.4, 0.5) is 5.82 Å². The average Bonchev–Trinajstić information content (AvgIpc) is 3.71. The standard InChI is InChI=1S/C28H37BN4/c1-5-6-23-17-32(13-14-33(23)19(4)20-7-8-20)28-24(18(2)3)16-25(27(31-28)21-9-10-21)22-11-12-30-26(29)15-22/h11-12,15-16,20-21,23H,2,4-10,13-14,17,29H2,1,3H3/t23-/m1/s1. The third-order valence-electron chi connectivity index (χ3n) is 7.49. The van der Waals surface area contributed by atoms with Crippen molar-refractivity contribution in [2.24, 2.45) is 5.92 Å². The van der Waals surface area contributed by atoms with Crippen molar-refractivity contribution in [3.05, 3.63) is 54.5 Å². The number of rotatable bonds is 8. The van der Waals surface area contributed by atoms with E-state index in [-0.39, 0.29) is 0 Å². The number of piperazine rings is 1. The maximum absolute atomic E-state index is 5.40. The van der Waals surface area contributed by atoms with Crippen LogP contribution in [-0.4, -0.2) is 48.4 Å². The van der Waals surface area contributed by atoms with Crippen molar-refractivity contribution < 1.29 is 0 Å². The van der Waals surface area contributed by atoms with E-state index in [0.29, 0.717) is 12.0 Å². The second-order valence-corrected chi connectivity index (χ2v) is 10.4. The minimum Gasteiger partial charge on any atom is -0.369 e. The van der Waals surface area contributed by atoms with Crippen LogP contribution in [0.2, 0.25) is 0 Å². The van der Waals surface area contributed by atoms with Crippen molar-refractivity contribution in [1.29, 1.82) is 0 Å². The Balaban J connectivity index is 1.51. The van der Waals surface area contributed by atoms with Gasteiger partial charge in [0.15, 0.2) is 7.85 Å². The van der Waals surface area contributed by atoms with Crippen LogP contribution in [0.25, 0.3) is 16.7 Å². The maximum atomic E-state index is 5.40. The monoisotopic (exact) mass is 440 g/mol. The zero-order valence-corrected chi connectivity index (χ0v) is 20.6. The molecule has 4 nitrogen and oxygen atoms in total. The van der Waals surface area contributed by atoms with Gasteiger partial charge in [0.25, 0.3) is 0 Å². The van der Waals surface area contributed by atoms with E-state index < -0.39 is 0 Å². The Labute approximate surface area is 200 Å². The Kier molecular flexibility index (Phi) is 6.07. The third-order valence-corrected chi connectivity index (χ3v) is 7.49. The number of pyridine rings is 2. The molecule has 5 heteroatoms. The first-order valence-electron chi connectivity index (χ1n) is 12.8. The van der Waals surface area contributed by atoms with Crippen LogP contribution in [0.15, 0.2) is 43.3 Å². The van der Waals surface area contributed by atoms with E-state index in [1.165, 1.54) is 66.6 Å². The van der Waals surface area contributed by atoms with Gasteiger partial charge in [-0.25, -0.2) is 4.98 Å². The second-order valence-electron chi connectivity index (χ2n) is 10.4. The molecular formula is C28H37BN4. The van der Waals surface area contributed by atoms with E-state index in [4.69, 9.17) is 4.98 Å². The zero-order chi connectivity index (χ0) is 23.1. The average molecular weight is 440 g/mol. The van der Waals surface area contributed by atoms with Gasteiger partial charge < -0.3 is 9.80 Å². The van der Waals surface area contributed by atoms with E-state index in [1.54, 1.807) is 0 Å². The lowest BCUT2D eigenvalue weighted by atomic mass is 9.94. The van der Waals surface area contributed by atoms with Crippen molar-refractivity contribution in [3.8, 4) is 11.1 Å². The molecule has 2 saturated carbocycles. The summed E-state index contributed by atoms with van der Waals surface area (Å²) >= 11 is 0. The van der Waals surface area contributed by atoms with Gasteiger partial charge in [0.2, 0.25) is 0 Å². The molecule has 2 aliphatic carbocycles. The summed E-state index contributed by atoms with van der Waals surface area (Å²) in [4.78, 5) is 15.0. The molecule has 0 N–H and O–H groups in total. The number of allylic oxidation sites excluding steroid dienone is 2. The van der Waals surface area contributed by atoms with Crippen molar-refractivity contribution >= 4 is 24.8 Å². The number of nitrogens with zero attached hydrogens (tertiary/aromatic N) is 4. The van der Waals surface area contributed by atoms with Crippen molar-refractivity contribution in [3.63, 3.8) is 0 Å². The normalized spacial score (nSPS) is 20.7. The highest BCUT2D eigenvalue weighted by molar-refractivity contribution is 6.30. The zero-order valence-electron chi connectivity index (χ0n) is 20.6. The van der Waals surface area contributed by atoms with Crippen LogP contribution < -0.4 is 10.5 Å². The maximum Gasteiger partial charge on any atom is 0.163 e. The van der Waals surface area contributed by atoms with Crippen LogP contribution in [0.5, 0.6) is 0 Å². The van der Waals surface area contributed by atoms with E-state index in [2.05, 4.69) is 67.8 Å². The summed E-state index contributed by atoms with van der Waals surface area (Å²) in [5, 5.41) is 0. The van der Waals surface area contributed by atoms with Crippen LogP contribution in [0.3, 0.4) is 0 Å². The highest BCUT2D eigenvalue weighted by Crippen LogP contribution is 2.46. The SMILES string of the molecule is Bc1cc(-c2cc(C(=C)C)c(N3CCN(C(=C)C4CC4)[C@H](CCC)C3)nc2C2CC2)ccn1. The summed E-state index contributed by atoms with van der Waals surface area (Å²) in [6.45, 7) is 16.3. The molecule has 0 unspecified atom stereocenters. The van der Waals surface area contributed by atoms with Gasteiger partial charge in [0, 0.05) is 54.6 Å². The first-order chi connectivity index (χ1) is 16.0. The molecule has 33 heavy (non-hydrogen) atoms. The molecule has 0 aromatic carbocycles. The first-order valence-corrected chi connectivity index (χ1v) is 12.8. The van der Waals surface area contributed by atoms with Gasteiger partial charge in [0.1, 0.15) is 5.82 Å². The summed E-state index contributed by atoms with van der Waals surface area (Å²) < 4.78 is 0. The van der Waals surface area contributed by atoms with E-state index >= 15 is 0 Å². The Morgan fingerprint density at radius 2 is 1.94 bits per heavy atom. The van der Waals surface area contributed by atoms with Crippen molar-refractivity contribution in [2.45, 2.75) is 64.3 Å². The molecule has 3 fully saturated rings. The molecule has 1 saturated heterocycles. The van der Waals surface area contributed by atoms with Gasteiger partial charge in [0.05, 0.1) is 5.69 Å². The van der Waals surface area contributed by atoms with Crippen molar-refractivity contribution in [1.82, 2.24) is 14.9 Å². The van der Waals surface area contributed by atoms with E-state index in [1.807, 2.05) is 6.20 Å². The summed E-state index contributed by atoms with van der Waals surface area (Å²) in [6, 6.07) is 7.18. The Hall–Kier alpha value is -2.56. The Morgan fingerprint density at radius 3 is 2.58 bits per heavy atom. The lowest BCUT2D eigenvalue weighted by molar-refractivity contribution is 0.206. The highest BCUT2D eigenvalue weighted by atomic mass is 15.3. The quantitative estimate of drug-likeness (QED) is 0.565. The smallest absolute Gasteiger partial charge is 0.163 e. The van der Waals surface area contributed by atoms with Gasteiger partial charge in [-0.2, -0.15) is 0 Å². The van der Waals surface area contributed by atoms with Gasteiger partial charge in [-0.05, 0) is 79.9 Å². The van der Waals surface area contributed by atoms with E-state index in [9.17, 15) is 0 Å². The molecule has 1 aliphatic heterocycles. The molecular weight excluding hydrogens is 403 g/mol. The van der Waals surface area contributed by atoms with Gasteiger partial charge in [-0.1, -0.05) is 26.5 Å². The predicted molar refractivity (Wildman–Crippen MR) is 142 cm³/mol. The lowest BCUT2D eigenvalue weighted by Crippen LogP contribution is -2.53. The molecule has 2 aromatic rings. The van der Waals surface area contributed by atoms with Crippen LogP contribution in [-0.2, 0) is 0 Å². The molecule has 2 aromatic heterocycles. The van der Waals surface area contributed by atoms with E-state index in [0.717, 1.165) is 42.5 Å². The van der Waals surface area contributed by atoms with Crippen LogP contribution in [0, 0.1) is 5.92 Å². The number of anilines is 1. The largest absolute Gasteiger partial charge is 0.369 e. The molecule has 1 atom stereocenters. The molecule has 0 amide bonds. The predicted octanol–water partition coefficient (Wildman–Crippen LogP) is 4.53. The minimum atomic E-state index is 0.517. The Bertz CT molecular complexity index is 1070. The summed E-state index contributed by atoms with van der Waals surface area (Å²) in [7, 11) is 2.06. The molecule has 5 rings (SSSR count).